The van der Waals surface area contributed by atoms with Crippen molar-refractivity contribution < 1.29 is 14.3 Å². The molecule has 1 heterocycles. The number of carbonyl (C=O) groups is 2. The van der Waals surface area contributed by atoms with Gasteiger partial charge in [0.05, 0.1) is 12.7 Å². The van der Waals surface area contributed by atoms with Crippen LogP contribution >= 0.6 is 23.2 Å². The Labute approximate surface area is 263 Å². The third kappa shape index (κ3) is 7.32. The SMILES string of the molecule is COC(=O)c1ccc2c(c1)CCCC(c1ccc(Cl)cc1Cl)=C2c1ccc(N[C@@H]2CCN(C/C=C/C(=O)N(C)C)C2)cc1. The van der Waals surface area contributed by atoms with Crippen LogP contribution in [0.4, 0.5) is 5.69 Å². The van der Waals surface area contributed by atoms with E-state index in [-0.39, 0.29) is 11.9 Å². The minimum atomic E-state index is -0.336. The number of nitrogens with zero attached hydrogens (tertiary/aromatic N) is 2. The number of rotatable bonds is 8. The van der Waals surface area contributed by atoms with Crippen LogP contribution in [0.15, 0.2) is 72.8 Å². The van der Waals surface area contributed by atoms with Gasteiger partial charge in [0.2, 0.25) is 5.91 Å². The lowest BCUT2D eigenvalue weighted by atomic mass is 9.87. The molecule has 1 fully saturated rings. The molecule has 0 spiro atoms. The summed E-state index contributed by atoms with van der Waals surface area (Å²) in [7, 11) is 4.92. The molecule has 0 saturated carbocycles. The number of esters is 1. The van der Waals surface area contributed by atoms with E-state index in [2.05, 4.69) is 34.5 Å². The first-order valence-corrected chi connectivity index (χ1v) is 15.4. The fourth-order valence-corrected chi connectivity index (χ4v) is 6.43. The van der Waals surface area contributed by atoms with Crippen LogP contribution in [-0.2, 0) is 16.0 Å². The van der Waals surface area contributed by atoms with Crippen LogP contribution in [0.5, 0.6) is 0 Å². The molecule has 3 aromatic rings. The molecule has 3 aromatic carbocycles. The number of anilines is 1. The van der Waals surface area contributed by atoms with E-state index in [1.807, 2.05) is 36.4 Å². The Morgan fingerprint density at radius 2 is 1.79 bits per heavy atom. The van der Waals surface area contributed by atoms with Crippen LogP contribution in [0, 0.1) is 0 Å². The van der Waals surface area contributed by atoms with Crippen LogP contribution in [0.1, 0.15) is 51.9 Å². The Bertz CT molecular complexity index is 1560. The molecule has 2 aliphatic rings. The zero-order valence-corrected chi connectivity index (χ0v) is 26.3. The minimum absolute atomic E-state index is 0.00534. The number of likely N-dealkylation sites (N-methyl/N-ethyl adjacent to an activating group) is 1. The van der Waals surface area contributed by atoms with E-state index in [4.69, 9.17) is 27.9 Å². The molecule has 0 radical (unpaired) electrons. The highest BCUT2D eigenvalue weighted by Crippen LogP contribution is 2.42. The number of benzene rings is 3. The summed E-state index contributed by atoms with van der Waals surface area (Å²) >= 11 is 13.0. The average Bonchev–Trinajstić information content (AvgIpc) is 3.35. The minimum Gasteiger partial charge on any atom is -0.465 e. The van der Waals surface area contributed by atoms with Gasteiger partial charge in [-0.25, -0.2) is 4.79 Å². The lowest BCUT2D eigenvalue weighted by molar-refractivity contribution is -0.123. The maximum atomic E-state index is 12.3. The molecule has 1 aliphatic carbocycles. The smallest absolute Gasteiger partial charge is 0.337 e. The molecular weight excluding hydrogens is 581 g/mol. The van der Waals surface area contributed by atoms with Crippen LogP contribution in [0.3, 0.4) is 0 Å². The first-order chi connectivity index (χ1) is 20.7. The summed E-state index contributed by atoms with van der Waals surface area (Å²) in [5, 5.41) is 4.92. The van der Waals surface area contributed by atoms with E-state index in [1.54, 1.807) is 31.1 Å². The van der Waals surface area contributed by atoms with Gasteiger partial charge in [-0.3, -0.25) is 9.69 Å². The molecule has 5 rings (SSSR count). The molecule has 1 amide bonds. The van der Waals surface area contributed by atoms with Crippen molar-refractivity contribution in [2.75, 3.05) is 46.2 Å². The lowest BCUT2D eigenvalue weighted by Crippen LogP contribution is -2.26. The first-order valence-electron chi connectivity index (χ1n) is 14.6. The van der Waals surface area contributed by atoms with Crippen LogP contribution in [0.2, 0.25) is 10.0 Å². The standard InChI is InChI=1S/C35H37Cl2N3O3/c1-39(2)33(41)8-5-18-40-19-17-28(22-40)38-27-13-9-23(10-14-27)34-29-15-11-25(35(42)43-3)20-24(29)6-4-7-31(34)30-16-12-26(36)21-32(30)37/h5,8-16,20-21,28,38H,4,6-7,17-19,22H2,1-3H3/b8-5+/t28-/m1/s1. The van der Waals surface area contributed by atoms with Crippen molar-refractivity contribution in [3.8, 4) is 0 Å². The predicted octanol–water partition coefficient (Wildman–Crippen LogP) is 7.21. The third-order valence-electron chi connectivity index (χ3n) is 8.11. The summed E-state index contributed by atoms with van der Waals surface area (Å²) in [6.45, 7) is 2.67. The average molecular weight is 619 g/mol. The van der Waals surface area contributed by atoms with Gasteiger partial charge < -0.3 is 15.0 Å². The Hall–Kier alpha value is -3.58. The van der Waals surface area contributed by atoms with Crippen molar-refractivity contribution in [1.29, 1.82) is 0 Å². The van der Waals surface area contributed by atoms with Crippen LogP contribution < -0.4 is 5.32 Å². The fraction of sp³-hybridized carbons (Fsp3) is 0.314. The summed E-state index contributed by atoms with van der Waals surface area (Å²) in [6, 6.07) is 20.4. The first kappa shape index (κ1) is 30.9. The maximum Gasteiger partial charge on any atom is 0.337 e. The van der Waals surface area contributed by atoms with Crippen molar-refractivity contribution >= 4 is 51.9 Å². The van der Waals surface area contributed by atoms with E-state index in [0.717, 1.165) is 78.8 Å². The molecule has 0 aromatic heterocycles. The van der Waals surface area contributed by atoms with Gasteiger partial charge in [-0.15, -0.1) is 0 Å². The van der Waals surface area contributed by atoms with Crippen LogP contribution in [-0.4, -0.2) is 68.6 Å². The number of allylic oxidation sites excluding steroid dienone is 1. The second kappa shape index (κ2) is 13.8. The highest BCUT2D eigenvalue weighted by molar-refractivity contribution is 6.36. The van der Waals surface area contributed by atoms with Crippen molar-refractivity contribution in [2.24, 2.45) is 0 Å². The summed E-state index contributed by atoms with van der Waals surface area (Å²) in [6.07, 6.45) is 7.22. The summed E-state index contributed by atoms with van der Waals surface area (Å²) in [4.78, 5) is 28.0. The summed E-state index contributed by atoms with van der Waals surface area (Å²) in [5.74, 6) is -0.330. The molecule has 1 atom stereocenters. The fourth-order valence-electron chi connectivity index (χ4n) is 5.90. The number of carbonyl (C=O) groups excluding carboxylic acids is 2. The summed E-state index contributed by atoms with van der Waals surface area (Å²) < 4.78 is 4.99. The molecule has 43 heavy (non-hydrogen) atoms. The largest absolute Gasteiger partial charge is 0.465 e. The molecule has 0 bridgehead atoms. The second-order valence-electron chi connectivity index (χ2n) is 11.3. The number of nitrogens with one attached hydrogen (secondary N) is 1. The second-order valence-corrected chi connectivity index (χ2v) is 12.1. The number of amides is 1. The van der Waals surface area contributed by atoms with Crippen molar-refractivity contribution in [3.63, 3.8) is 0 Å². The quantitative estimate of drug-likeness (QED) is 0.214. The molecule has 224 valence electrons. The predicted molar refractivity (Wildman–Crippen MR) is 176 cm³/mol. The zero-order valence-electron chi connectivity index (χ0n) is 24.8. The van der Waals surface area contributed by atoms with E-state index in [1.165, 1.54) is 12.7 Å². The van der Waals surface area contributed by atoms with E-state index < -0.39 is 0 Å². The Morgan fingerprint density at radius 3 is 2.51 bits per heavy atom. The number of ether oxygens (including phenoxy) is 1. The van der Waals surface area contributed by atoms with Crippen molar-refractivity contribution in [2.45, 2.75) is 31.7 Å². The molecule has 1 aliphatic heterocycles. The number of hydrogen-bond donors (Lipinski definition) is 1. The van der Waals surface area contributed by atoms with Gasteiger partial charge in [0.25, 0.3) is 0 Å². The van der Waals surface area contributed by atoms with Crippen molar-refractivity contribution in [1.82, 2.24) is 9.80 Å². The number of methoxy groups -OCH3 is 1. The monoisotopic (exact) mass is 617 g/mol. The van der Waals surface area contributed by atoms with Gasteiger partial charge in [0, 0.05) is 61.6 Å². The highest BCUT2D eigenvalue weighted by atomic mass is 35.5. The van der Waals surface area contributed by atoms with Gasteiger partial charge in [0.15, 0.2) is 0 Å². The lowest BCUT2D eigenvalue weighted by Gasteiger charge is -2.19. The van der Waals surface area contributed by atoms with E-state index in [0.29, 0.717) is 21.7 Å². The molecule has 1 saturated heterocycles. The number of halogens is 2. The molecule has 1 N–H and O–H groups in total. The van der Waals surface area contributed by atoms with E-state index in [9.17, 15) is 9.59 Å². The van der Waals surface area contributed by atoms with Gasteiger partial charge in [0.1, 0.15) is 0 Å². The number of aryl methyl sites for hydroxylation is 1. The van der Waals surface area contributed by atoms with E-state index >= 15 is 0 Å². The third-order valence-corrected chi connectivity index (χ3v) is 8.66. The van der Waals surface area contributed by atoms with Gasteiger partial charge in [-0.05, 0) is 95.5 Å². The van der Waals surface area contributed by atoms with Crippen molar-refractivity contribution in [3.05, 3.63) is 111 Å². The van der Waals surface area contributed by atoms with Gasteiger partial charge in [-0.2, -0.15) is 0 Å². The number of fused-ring (bicyclic) bond motifs is 1. The Balaban J connectivity index is 1.42. The zero-order chi connectivity index (χ0) is 30.5. The molecule has 8 heteroatoms. The highest BCUT2D eigenvalue weighted by Gasteiger charge is 2.24. The van der Waals surface area contributed by atoms with Crippen LogP contribution in [0.25, 0.3) is 11.1 Å². The molecular formula is C35H37Cl2N3O3. The maximum absolute atomic E-state index is 12.3. The molecule has 6 nitrogen and oxygen atoms in total. The Morgan fingerprint density at radius 1 is 1.02 bits per heavy atom. The number of likely N-dealkylation sites (tertiary alicyclic amines) is 1. The van der Waals surface area contributed by atoms with Gasteiger partial charge in [-0.1, -0.05) is 53.5 Å². The topological polar surface area (TPSA) is 61.9 Å². The summed E-state index contributed by atoms with van der Waals surface area (Å²) in [5.41, 5.74) is 8.18. The normalized spacial score (nSPS) is 17.1. The van der Waals surface area contributed by atoms with Gasteiger partial charge >= 0.3 is 5.97 Å². The number of hydrogen-bond acceptors (Lipinski definition) is 5. The Kier molecular flexibility index (Phi) is 9.91. The molecule has 0 unspecified atom stereocenters.